The van der Waals surface area contributed by atoms with Gasteiger partial charge in [0.1, 0.15) is 0 Å². The number of hydrogen-bond acceptors (Lipinski definition) is 2. The Balaban J connectivity index is 1.76. The minimum Gasteiger partial charge on any atom is -0.450 e. The van der Waals surface area contributed by atoms with Crippen molar-refractivity contribution in [2.45, 2.75) is 58.0 Å². The predicted molar refractivity (Wildman–Crippen MR) is 99.7 cm³/mol. The maximum atomic E-state index is 12.7. The lowest BCUT2D eigenvalue weighted by molar-refractivity contribution is 0.0545. The van der Waals surface area contributed by atoms with Crippen LogP contribution in [0.15, 0.2) is 30.5 Å². The number of H-pyrrole nitrogens is 1. The molecule has 0 radical (unpaired) electrons. The quantitative estimate of drug-likeness (QED) is 0.859. The van der Waals surface area contributed by atoms with Crippen LogP contribution in [0.4, 0.5) is 4.79 Å². The fourth-order valence-electron chi connectivity index (χ4n) is 5.34. The molecule has 2 fully saturated rings. The van der Waals surface area contributed by atoms with Gasteiger partial charge in [-0.25, -0.2) is 4.79 Å². The molecule has 2 bridgehead atoms. The Kier molecular flexibility index (Phi) is 4.22. The summed E-state index contributed by atoms with van der Waals surface area (Å²) in [6, 6.07) is 8.90. The highest BCUT2D eigenvalue weighted by Gasteiger charge is 2.52. The molecule has 1 amide bonds. The summed E-state index contributed by atoms with van der Waals surface area (Å²) in [5.41, 5.74) is 2.56. The summed E-state index contributed by atoms with van der Waals surface area (Å²) in [4.78, 5) is 18.2. The van der Waals surface area contributed by atoms with E-state index in [4.69, 9.17) is 4.74 Å². The standard InChI is InChI=1S/C21H28N2O2/c1-4-25-21(24)23(13(2)3)20-15-10-9-14(11-15)19(20)17-12-22-18-8-6-5-7-16(17)18/h5-8,12-15,19-20,22H,4,9-11H2,1-3H3/t14-,15+,19-,20+/m0/s1. The molecule has 4 heteroatoms. The van der Waals surface area contributed by atoms with Crippen molar-refractivity contribution < 1.29 is 9.53 Å². The number of rotatable bonds is 4. The molecule has 134 valence electrons. The summed E-state index contributed by atoms with van der Waals surface area (Å²) in [5, 5.41) is 1.30. The number of hydrogen-bond donors (Lipinski definition) is 1. The normalized spacial score (nSPS) is 28.0. The van der Waals surface area contributed by atoms with Crippen LogP contribution in [0.5, 0.6) is 0 Å². The van der Waals surface area contributed by atoms with Crippen LogP contribution in [0.2, 0.25) is 0 Å². The highest BCUT2D eigenvalue weighted by molar-refractivity contribution is 5.84. The average molecular weight is 340 g/mol. The van der Waals surface area contributed by atoms with Crippen molar-refractivity contribution in [3.8, 4) is 0 Å². The van der Waals surface area contributed by atoms with Crippen LogP contribution in [-0.2, 0) is 4.74 Å². The zero-order valence-electron chi connectivity index (χ0n) is 15.4. The third-order valence-electron chi connectivity index (χ3n) is 6.21. The van der Waals surface area contributed by atoms with Crippen LogP contribution in [0.25, 0.3) is 10.9 Å². The molecule has 2 aliphatic carbocycles. The third-order valence-corrected chi connectivity index (χ3v) is 6.21. The highest BCUT2D eigenvalue weighted by Crippen LogP contribution is 2.56. The first kappa shape index (κ1) is 16.5. The molecule has 0 spiro atoms. The first-order valence-corrected chi connectivity index (χ1v) is 9.63. The summed E-state index contributed by atoms with van der Waals surface area (Å²) in [5.74, 6) is 1.67. The van der Waals surface area contributed by atoms with Gasteiger partial charge in [-0.2, -0.15) is 0 Å². The largest absolute Gasteiger partial charge is 0.450 e. The average Bonchev–Trinajstić information content (AvgIpc) is 3.29. The molecule has 0 unspecified atom stereocenters. The van der Waals surface area contributed by atoms with Crippen LogP contribution >= 0.6 is 0 Å². The summed E-state index contributed by atoms with van der Waals surface area (Å²) >= 11 is 0. The number of aromatic amines is 1. The Morgan fingerprint density at radius 3 is 2.80 bits per heavy atom. The number of benzene rings is 1. The van der Waals surface area contributed by atoms with Gasteiger partial charge in [-0.15, -0.1) is 0 Å². The molecule has 1 N–H and O–H groups in total. The molecular formula is C21H28N2O2. The number of para-hydroxylation sites is 1. The van der Waals surface area contributed by atoms with Crippen molar-refractivity contribution in [1.82, 2.24) is 9.88 Å². The number of carbonyl (C=O) groups excluding carboxylic acids is 1. The smallest absolute Gasteiger partial charge is 0.410 e. The molecule has 4 nitrogen and oxygen atoms in total. The molecule has 25 heavy (non-hydrogen) atoms. The molecule has 1 aromatic heterocycles. The SMILES string of the molecule is CCOC(=O)N(C(C)C)[C@@H]1[C@@H]2CC[C@@H](C2)[C@H]1c1c[nH]c2ccccc12. The van der Waals surface area contributed by atoms with Gasteiger partial charge in [0.2, 0.25) is 0 Å². The maximum absolute atomic E-state index is 12.7. The summed E-state index contributed by atoms with van der Waals surface area (Å²) in [6.45, 7) is 6.53. The van der Waals surface area contributed by atoms with Gasteiger partial charge in [0.25, 0.3) is 0 Å². The van der Waals surface area contributed by atoms with E-state index in [1.807, 2.05) is 11.8 Å². The fourth-order valence-corrected chi connectivity index (χ4v) is 5.34. The number of nitrogens with zero attached hydrogens (tertiary/aromatic N) is 1. The lowest BCUT2D eigenvalue weighted by Gasteiger charge is -2.41. The monoisotopic (exact) mass is 340 g/mol. The minimum atomic E-state index is -0.153. The van der Waals surface area contributed by atoms with Crippen LogP contribution in [-0.4, -0.2) is 34.7 Å². The second-order valence-corrected chi connectivity index (χ2v) is 7.84. The third kappa shape index (κ3) is 2.62. The maximum Gasteiger partial charge on any atom is 0.410 e. The van der Waals surface area contributed by atoms with Crippen molar-refractivity contribution >= 4 is 17.0 Å². The number of aromatic nitrogens is 1. The van der Waals surface area contributed by atoms with Gasteiger partial charge >= 0.3 is 6.09 Å². The Morgan fingerprint density at radius 2 is 2.04 bits per heavy atom. The number of fused-ring (bicyclic) bond motifs is 3. The van der Waals surface area contributed by atoms with Crippen molar-refractivity contribution in [3.63, 3.8) is 0 Å². The summed E-state index contributed by atoms with van der Waals surface area (Å²) in [6.07, 6.45) is 5.76. The van der Waals surface area contributed by atoms with Crippen LogP contribution in [0.1, 0.15) is 51.5 Å². The van der Waals surface area contributed by atoms with Crippen LogP contribution in [0, 0.1) is 11.8 Å². The number of nitrogens with one attached hydrogen (secondary N) is 1. The van der Waals surface area contributed by atoms with E-state index in [0.717, 1.165) is 0 Å². The number of amides is 1. The van der Waals surface area contributed by atoms with Gasteiger partial charge in [0, 0.05) is 35.1 Å². The molecule has 4 rings (SSSR count). The summed E-state index contributed by atoms with van der Waals surface area (Å²) < 4.78 is 5.42. The Bertz CT molecular complexity index is 766. The van der Waals surface area contributed by atoms with Crippen molar-refractivity contribution in [1.29, 1.82) is 0 Å². The topological polar surface area (TPSA) is 45.3 Å². The Labute approximate surface area is 149 Å². The summed E-state index contributed by atoms with van der Waals surface area (Å²) in [7, 11) is 0. The van der Waals surface area contributed by atoms with E-state index in [1.165, 1.54) is 35.7 Å². The van der Waals surface area contributed by atoms with E-state index < -0.39 is 0 Å². The minimum absolute atomic E-state index is 0.149. The van der Waals surface area contributed by atoms with E-state index in [-0.39, 0.29) is 18.2 Å². The van der Waals surface area contributed by atoms with Gasteiger partial charge in [0.05, 0.1) is 6.61 Å². The van der Waals surface area contributed by atoms with Crippen LogP contribution in [0.3, 0.4) is 0 Å². The lowest BCUT2D eigenvalue weighted by atomic mass is 9.78. The van der Waals surface area contributed by atoms with Crippen molar-refractivity contribution in [2.24, 2.45) is 11.8 Å². The van der Waals surface area contributed by atoms with E-state index >= 15 is 0 Å². The molecule has 2 aliphatic rings. The van der Waals surface area contributed by atoms with Gasteiger partial charge in [-0.1, -0.05) is 18.2 Å². The second kappa shape index (κ2) is 6.40. The predicted octanol–water partition coefficient (Wildman–Crippen LogP) is 4.92. The molecule has 2 saturated carbocycles. The fraction of sp³-hybridized carbons (Fsp3) is 0.571. The highest BCUT2D eigenvalue weighted by atomic mass is 16.6. The zero-order chi connectivity index (χ0) is 17.6. The first-order valence-electron chi connectivity index (χ1n) is 9.63. The molecule has 4 atom stereocenters. The first-order chi connectivity index (χ1) is 12.1. The van der Waals surface area contributed by atoms with Gasteiger partial charge in [-0.3, -0.25) is 0 Å². The molecule has 0 saturated heterocycles. The van der Waals surface area contributed by atoms with E-state index in [2.05, 4.69) is 49.3 Å². The Morgan fingerprint density at radius 1 is 1.28 bits per heavy atom. The molecular weight excluding hydrogens is 312 g/mol. The van der Waals surface area contributed by atoms with Gasteiger partial charge < -0.3 is 14.6 Å². The van der Waals surface area contributed by atoms with Crippen molar-refractivity contribution in [2.75, 3.05) is 6.61 Å². The van der Waals surface area contributed by atoms with E-state index in [0.29, 0.717) is 24.4 Å². The number of ether oxygens (including phenoxy) is 1. The molecule has 0 aliphatic heterocycles. The van der Waals surface area contributed by atoms with E-state index in [1.54, 1.807) is 0 Å². The number of carbonyl (C=O) groups is 1. The van der Waals surface area contributed by atoms with Crippen molar-refractivity contribution in [3.05, 3.63) is 36.0 Å². The van der Waals surface area contributed by atoms with Gasteiger partial charge in [0.15, 0.2) is 0 Å². The molecule has 2 aromatic rings. The van der Waals surface area contributed by atoms with E-state index in [9.17, 15) is 4.79 Å². The lowest BCUT2D eigenvalue weighted by Crippen LogP contribution is -2.50. The van der Waals surface area contributed by atoms with Crippen LogP contribution < -0.4 is 0 Å². The second-order valence-electron chi connectivity index (χ2n) is 7.84. The van der Waals surface area contributed by atoms with Gasteiger partial charge in [-0.05, 0) is 63.5 Å². The molecule has 1 aromatic carbocycles. The zero-order valence-corrected chi connectivity index (χ0v) is 15.4. The Hall–Kier alpha value is -1.97. The molecule has 1 heterocycles.